The summed E-state index contributed by atoms with van der Waals surface area (Å²) >= 11 is 0. The quantitative estimate of drug-likeness (QED) is 0.610. The van der Waals surface area contributed by atoms with Crippen LogP contribution in [0, 0.1) is 0 Å². The number of rotatable bonds is 6. The molecule has 0 aliphatic heterocycles. The van der Waals surface area contributed by atoms with Crippen LogP contribution in [0.4, 0.5) is 0 Å². The van der Waals surface area contributed by atoms with Crippen LogP contribution in [0.25, 0.3) is 0 Å². The minimum absolute atomic E-state index is 0.168. The third kappa shape index (κ3) is 5.36. The zero-order valence-electron chi connectivity index (χ0n) is 10.6. The van der Waals surface area contributed by atoms with Gasteiger partial charge in [-0.3, -0.25) is 4.84 Å². The minimum Gasteiger partial charge on any atom is -0.508 e. The van der Waals surface area contributed by atoms with Crippen molar-refractivity contribution >= 4 is 6.21 Å². The summed E-state index contributed by atoms with van der Waals surface area (Å²) < 4.78 is 0. The van der Waals surface area contributed by atoms with E-state index in [2.05, 4.69) is 12.0 Å². The lowest BCUT2D eigenvalue weighted by atomic mass is 10.2. The highest BCUT2D eigenvalue weighted by Gasteiger charge is 2.02. The number of benzene rings is 1. The van der Waals surface area contributed by atoms with Gasteiger partial charge >= 0.3 is 0 Å². The van der Waals surface area contributed by atoms with Gasteiger partial charge in [-0.25, -0.2) is 0 Å². The second-order valence-electron chi connectivity index (χ2n) is 4.01. The summed E-state index contributed by atoms with van der Waals surface area (Å²) in [7, 11) is 1.77. The molecule has 0 fully saturated rings. The SMILES string of the molecule is CCCC(C)ON(C)/N=C/c1ccc(O)cc1. The van der Waals surface area contributed by atoms with Crippen LogP contribution in [-0.2, 0) is 4.84 Å². The van der Waals surface area contributed by atoms with Crippen LogP contribution in [0.15, 0.2) is 29.4 Å². The first-order valence-corrected chi connectivity index (χ1v) is 5.85. The van der Waals surface area contributed by atoms with Gasteiger partial charge in [0.1, 0.15) is 5.75 Å². The first-order chi connectivity index (χ1) is 8.11. The van der Waals surface area contributed by atoms with Gasteiger partial charge in [-0.05, 0) is 43.2 Å². The van der Waals surface area contributed by atoms with Crippen molar-refractivity contribution in [1.29, 1.82) is 0 Å². The smallest absolute Gasteiger partial charge is 0.115 e. The normalized spacial score (nSPS) is 12.9. The summed E-state index contributed by atoms with van der Waals surface area (Å²) in [5.41, 5.74) is 0.918. The Morgan fingerprint density at radius 3 is 2.65 bits per heavy atom. The Kier molecular flexibility index (Phi) is 5.49. The van der Waals surface area contributed by atoms with Crippen molar-refractivity contribution in [3.63, 3.8) is 0 Å². The lowest BCUT2D eigenvalue weighted by Gasteiger charge is -2.17. The lowest BCUT2D eigenvalue weighted by molar-refractivity contribution is -0.176. The molecule has 0 saturated heterocycles. The van der Waals surface area contributed by atoms with E-state index in [9.17, 15) is 0 Å². The molecule has 4 nitrogen and oxygen atoms in total. The number of hydrazone groups is 1. The molecule has 1 aromatic rings. The molecular weight excluding hydrogens is 216 g/mol. The van der Waals surface area contributed by atoms with Crippen molar-refractivity contribution in [2.24, 2.45) is 5.10 Å². The fourth-order valence-corrected chi connectivity index (χ4v) is 1.46. The van der Waals surface area contributed by atoms with Crippen molar-refractivity contribution in [1.82, 2.24) is 5.17 Å². The van der Waals surface area contributed by atoms with Crippen LogP contribution >= 0.6 is 0 Å². The van der Waals surface area contributed by atoms with E-state index in [4.69, 9.17) is 9.94 Å². The lowest BCUT2D eigenvalue weighted by Crippen LogP contribution is -2.20. The molecule has 1 unspecified atom stereocenters. The van der Waals surface area contributed by atoms with Gasteiger partial charge in [0.2, 0.25) is 0 Å². The molecule has 0 aliphatic carbocycles. The van der Waals surface area contributed by atoms with E-state index < -0.39 is 0 Å². The highest BCUT2D eigenvalue weighted by molar-refractivity contribution is 5.79. The fourth-order valence-electron chi connectivity index (χ4n) is 1.46. The Hall–Kier alpha value is -1.55. The predicted octanol–water partition coefficient (Wildman–Crippen LogP) is 2.78. The van der Waals surface area contributed by atoms with Gasteiger partial charge in [0.25, 0.3) is 0 Å². The van der Waals surface area contributed by atoms with E-state index in [1.54, 1.807) is 37.5 Å². The van der Waals surface area contributed by atoms with Crippen molar-refractivity contribution in [3.05, 3.63) is 29.8 Å². The fraction of sp³-hybridized carbons (Fsp3) is 0.462. The molecule has 0 saturated carbocycles. The van der Waals surface area contributed by atoms with Crippen LogP contribution in [0.5, 0.6) is 5.75 Å². The molecule has 94 valence electrons. The highest BCUT2D eigenvalue weighted by Crippen LogP contribution is 2.08. The molecule has 17 heavy (non-hydrogen) atoms. The molecule has 0 aliphatic rings. The summed E-state index contributed by atoms with van der Waals surface area (Å²) in [5.74, 6) is 0.253. The Labute approximate surface area is 102 Å². The monoisotopic (exact) mass is 236 g/mol. The van der Waals surface area contributed by atoms with Crippen LogP contribution < -0.4 is 0 Å². The summed E-state index contributed by atoms with van der Waals surface area (Å²) in [6.07, 6.45) is 3.97. The predicted molar refractivity (Wildman–Crippen MR) is 68.9 cm³/mol. The molecular formula is C13H20N2O2. The number of phenols is 1. The maximum Gasteiger partial charge on any atom is 0.115 e. The summed E-state index contributed by atoms with van der Waals surface area (Å²) in [6, 6.07) is 6.84. The van der Waals surface area contributed by atoms with E-state index >= 15 is 0 Å². The van der Waals surface area contributed by atoms with E-state index in [-0.39, 0.29) is 11.9 Å². The van der Waals surface area contributed by atoms with Crippen LogP contribution in [0.2, 0.25) is 0 Å². The largest absolute Gasteiger partial charge is 0.508 e. The van der Waals surface area contributed by atoms with Crippen LogP contribution in [0.3, 0.4) is 0 Å². The van der Waals surface area contributed by atoms with Gasteiger partial charge in [0.15, 0.2) is 0 Å². The standard InChI is InChI=1S/C13H20N2O2/c1-4-5-11(2)17-15(3)14-10-12-6-8-13(16)9-7-12/h6-11,16H,4-5H2,1-3H3/b14-10+. The zero-order valence-corrected chi connectivity index (χ0v) is 10.6. The molecule has 0 bridgehead atoms. The number of hydrogen-bond acceptors (Lipinski definition) is 4. The molecule has 1 rings (SSSR count). The number of nitrogens with zero attached hydrogens (tertiary/aromatic N) is 2. The Morgan fingerprint density at radius 1 is 1.41 bits per heavy atom. The first kappa shape index (κ1) is 13.5. The topological polar surface area (TPSA) is 45.1 Å². The number of hydroxylamine groups is 1. The molecule has 0 radical (unpaired) electrons. The van der Waals surface area contributed by atoms with E-state index in [0.29, 0.717) is 0 Å². The molecule has 0 aromatic heterocycles. The van der Waals surface area contributed by atoms with Crippen LogP contribution in [0.1, 0.15) is 32.3 Å². The van der Waals surface area contributed by atoms with Gasteiger partial charge in [-0.15, -0.1) is 0 Å². The van der Waals surface area contributed by atoms with Gasteiger partial charge in [0.05, 0.1) is 19.4 Å². The minimum atomic E-state index is 0.168. The Morgan fingerprint density at radius 2 is 2.06 bits per heavy atom. The second-order valence-corrected chi connectivity index (χ2v) is 4.01. The molecule has 0 amide bonds. The van der Waals surface area contributed by atoms with Crippen molar-refractivity contribution in [3.8, 4) is 5.75 Å². The number of phenolic OH excluding ortho intramolecular Hbond substituents is 1. The average Bonchev–Trinajstić information content (AvgIpc) is 2.28. The molecule has 4 heteroatoms. The average molecular weight is 236 g/mol. The molecule has 0 heterocycles. The number of hydrogen-bond donors (Lipinski definition) is 1. The van der Waals surface area contributed by atoms with E-state index in [1.165, 1.54) is 5.17 Å². The number of aromatic hydroxyl groups is 1. The molecule has 1 atom stereocenters. The van der Waals surface area contributed by atoms with Crippen molar-refractivity contribution in [2.45, 2.75) is 32.8 Å². The van der Waals surface area contributed by atoms with Gasteiger partial charge in [-0.2, -0.15) is 10.3 Å². The molecule has 1 N–H and O–H groups in total. The highest BCUT2D eigenvalue weighted by atomic mass is 16.7. The van der Waals surface area contributed by atoms with Crippen LogP contribution in [-0.4, -0.2) is 29.6 Å². The molecule has 1 aromatic carbocycles. The van der Waals surface area contributed by atoms with Crippen molar-refractivity contribution < 1.29 is 9.94 Å². The second kappa shape index (κ2) is 6.91. The first-order valence-electron chi connectivity index (χ1n) is 5.85. The summed E-state index contributed by atoms with van der Waals surface area (Å²) in [6.45, 7) is 4.15. The van der Waals surface area contributed by atoms with Gasteiger partial charge < -0.3 is 5.11 Å². The third-order valence-corrected chi connectivity index (χ3v) is 2.29. The van der Waals surface area contributed by atoms with E-state index in [0.717, 1.165) is 18.4 Å². The Balaban J connectivity index is 2.44. The van der Waals surface area contributed by atoms with E-state index in [1.807, 2.05) is 6.92 Å². The van der Waals surface area contributed by atoms with Gasteiger partial charge in [0, 0.05) is 0 Å². The zero-order chi connectivity index (χ0) is 12.7. The summed E-state index contributed by atoms with van der Waals surface area (Å²) in [5, 5.41) is 14.7. The van der Waals surface area contributed by atoms with Crippen molar-refractivity contribution in [2.75, 3.05) is 7.05 Å². The maximum atomic E-state index is 9.13. The van der Waals surface area contributed by atoms with Gasteiger partial charge in [-0.1, -0.05) is 13.3 Å². The maximum absolute atomic E-state index is 9.13. The Bertz CT molecular complexity index is 349. The summed E-state index contributed by atoms with van der Waals surface area (Å²) in [4.78, 5) is 5.52. The molecule has 0 spiro atoms. The third-order valence-electron chi connectivity index (χ3n) is 2.29.